The summed E-state index contributed by atoms with van der Waals surface area (Å²) in [5.74, 6) is -0.117. The number of nitrogens with zero attached hydrogens (tertiary/aromatic N) is 2. The third-order valence-corrected chi connectivity index (χ3v) is 4.37. The molecule has 0 aromatic heterocycles. The summed E-state index contributed by atoms with van der Waals surface area (Å²) in [5.41, 5.74) is 1.96. The Bertz CT molecular complexity index is 777. The van der Waals surface area contributed by atoms with Gasteiger partial charge >= 0.3 is 6.03 Å². The summed E-state index contributed by atoms with van der Waals surface area (Å²) in [6.07, 6.45) is 0. The predicted molar refractivity (Wildman–Crippen MR) is 101 cm³/mol. The Hall–Kier alpha value is -2.53. The molecule has 0 aliphatic heterocycles. The molecule has 0 saturated heterocycles. The minimum Gasteiger partial charge on any atom is -0.345 e. The van der Waals surface area contributed by atoms with Crippen LogP contribution in [0.2, 0.25) is 5.02 Å². The van der Waals surface area contributed by atoms with E-state index in [1.165, 1.54) is 4.90 Å². The summed E-state index contributed by atoms with van der Waals surface area (Å²) in [4.78, 5) is 27.6. The second-order valence-electron chi connectivity index (χ2n) is 6.02. The van der Waals surface area contributed by atoms with Crippen molar-refractivity contribution in [3.05, 3.63) is 64.7 Å². The van der Waals surface area contributed by atoms with E-state index in [1.807, 2.05) is 25.1 Å². The standard InChI is InChI=1S/C19H22ClN3O2/c1-13(16-10-5-6-11-17(16)20)23(4)19(25)21-15-9-7-8-14(12-15)18(24)22(2)3/h5-13H,1-4H3,(H,21,25). The highest BCUT2D eigenvalue weighted by molar-refractivity contribution is 6.31. The maximum atomic E-state index is 12.5. The molecule has 3 amide bonds. The van der Waals surface area contributed by atoms with Crippen LogP contribution in [0.3, 0.4) is 0 Å². The van der Waals surface area contributed by atoms with E-state index in [-0.39, 0.29) is 18.0 Å². The molecule has 1 atom stereocenters. The van der Waals surface area contributed by atoms with Crippen molar-refractivity contribution < 1.29 is 9.59 Å². The van der Waals surface area contributed by atoms with Crippen molar-refractivity contribution in [3.63, 3.8) is 0 Å². The van der Waals surface area contributed by atoms with Gasteiger partial charge in [0, 0.05) is 37.4 Å². The number of carbonyl (C=O) groups is 2. The largest absolute Gasteiger partial charge is 0.345 e. The molecule has 5 nitrogen and oxygen atoms in total. The first kappa shape index (κ1) is 18.8. The maximum Gasteiger partial charge on any atom is 0.322 e. The third-order valence-electron chi connectivity index (χ3n) is 4.02. The lowest BCUT2D eigenvalue weighted by Gasteiger charge is -2.26. The van der Waals surface area contributed by atoms with Crippen LogP contribution in [0.1, 0.15) is 28.9 Å². The number of hydrogen-bond donors (Lipinski definition) is 1. The predicted octanol–water partition coefficient (Wildman–Crippen LogP) is 4.27. The van der Waals surface area contributed by atoms with Gasteiger partial charge in [-0.25, -0.2) is 4.79 Å². The van der Waals surface area contributed by atoms with Crippen molar-refractivity contribution in [3.8, 4) is 0 Å². The highest BCUT2D eigenvalue weighted by Gasteiger charge is 2.19. The quantitative estimate of drug-likeness (QED) is 0.886. The molecule has 0 radical (unpaired) electrons. The van der Waals surface area contributed by atoms with Crippen LogP contribution in [0.4, 0.5) is 10.5 Å². The van der Waals surface area contributed by atoms with Crippen LogP contribution in [0.25, 0.3) is 0 Å². The van der Waals surface area contributed by atoms with Crippen LogP contribution >= 0.6 is 11.6 Å². The van der Waals surface area contributed by atoms with Gasteiger partial charge in [0.25, 0.3) is 5.91 Å². The zero-order valence-electron chi connectivity index (χ0n) is 14.8. The smallest absolute Gasteiger partial charge is 0.322 e. The average Bonchev–Trinajstić information content (AvgIpc) is 2.60. The van der Waals surface area contributed by atoms with Gasteiger partial charge in [-0.3, -0.25) is 4.79 Å². The van der Waals surface area contributed by atoms with Gasteiger partial charge in [0.1, 0.15) is 0 Å². The molecule has 0 spiro atoms. The van der Waals surface area contributed by atoms with Gasteiger partial charge in [-0.2, -0.15) is 0 Å². The number of anilines is 1. The number of carbonyl (C=O) groups excluding carboxylic acids is 2. The summed E-state index contributed by atoms with van der Waals surface area (Å²) < 4.78 is 0. The minimum atomic E-state index is -0.276. The third kappa shape index (κ3) is 4.51. The molecule has 2 aromatic carbocycles. The van der Waals surface area contributed by atoms with E-state index in [0.29, 0.717) is 16.3 Å². The van der Waals surface area contributed by atoms with E-state index in [9.17, 15) is 9.59 Å². The Balaban J connectivity index is 2.13. The number of amides is 3. The van der Waals surface area contributed by atoms with E-state index >= 15 is 0 Å². The zero-order valence-corrected chi connectivity index (χ0v) is 15.5. The molecule has 1 N–H and O–H groups in total. The van der Waals surface area contributed by atoms with E-state index in [0.717, 1.165) is 5.56 Å². The van der Waals surface area contributed by atoms with Crippen LogP contribution in [-0.2, 0) is 0 Å². The van der Waals surface area contributed by atoms with E-state index in [2.05, 4.69) is 5.32 Å². The fourth-order valence-corrected chi connectivity index (χ4v) is 2.69. The molecule has 0 aliphatic rings. The SMILES string of the molecule is CC(c1ccccc1Cl)N(C)C(=O)Nc1cccc(C(=O)N(C)C)c1. The highest BCUT2D eigenvalue weighted by atomic mass is 35.5. The van der Waals surface area contributed by atoms with Crippen molar-refractivity contribution in [1.29, 1.82) is 0 Å². The molecule has 0 saturated carbocycles. The number of urea groups is 1. The van der Waals surface area contributed by atoms with Crippen LogP contribution in [0, 0.1) is 0 Å². The molecule has 0 bridgehead atoms. The number of halogens is 1. The van der Waals surface area contributed by atoms with Crippen LogP contribution < -0.4 is 5.32 Å². The minimum absolute atomic E-state index is 0.117. The number of benzene rings is 2. The number of hydrogen-bond acceptors (Lipinski definition) is 2. The Morgan fingerprint density at radius 2 is 1.72 bits per heavy atom. The molecule has 6 heteroatoms. The Kier molecular flexibility index (Phi) is 6.04. The molecular formula is C19H22ClN3O2. The molecule has 132 valence electrons. The summed E-state index contributed by atoms with van der Waals surface area (Å²) in [5, 5.41) is 3.44. The maximum absolute atomic E-state index is 12.5. The van der Waals surface area contributed by atoms with Crippen molar-refractivity contribution in [2.75, 3.05) is 26.5 Å². The second-order valence-corrected chi connectivity index (χ2v) is 6.43. The molecule has 0 heterocycles. The fraction of sp³-hybridized carbons (Fsp3) is 0.263. The van der Waals surface area contributed by atoms with Gasteiger partial charge in [0.15, 0.2) is 0 Å². The van der Waals surface area contributed by atoms with Gasteiger partial charge in [-0.15, -0.1) is 0 Å². The van der Waals surface area contributed by atoms with Gasteiger partial charge in [-0.1, -0.05) is 35.9 Å². The van der Waals surface area contributed by atoms with Crippen molar-refractivity contribution in [1.82, 2.24) is 9.80 Å². The first-order valence-corrected chi connectivity index (χ1v) is 8.29. The molecule has 2 aromatic rings. The molecule has 25 heavy (non-hydrogen) atoms. The molecular weight excluding hydrogens is 338 g/mol. The highest BCUT2D eigenvalue weighted by Crippen LogP contribution is 2.26. The van der Waals surface area contributed by atoms with E-state index in [4.69, 9.17) is 11.6 Å². The van der Waals surface area contributed by atoms with Gasteiger partial charge in [0.05, 0.1) is 6.04 Å². The summed E-state index contributed by atoms with van der Waals surface area (Å²) in [7, 11) is 5.08. The molecule has 0 fully saturated rings. The topological polar surface area (TPSA) is 52.7 Å². The summed E-state index contributed by atoms with van der Waals surface area (Å²) >= 11 is 6.21. The van der Waals surface area contributed by atoms with Crippen LogP contribution in [-0.4, -0.2) is 42.9 Å². The van der Waals surface area contributed by atoms with Crippen LogP contribution in [0.15, 0.2) is 48.5 Å². The van der Waals surface area contributed by atoms with Crippen LogP contribution in [0.5, 0.6) is 0 Å². The second kappa shape index (κ2) is 8.03. The molecule has 1 unspecified atom stereocenters. The lowest BCUT2D eigenvalue weighted by atomic mass is 10.1. The lowest BCUT2D eigenvalue weighted by Crippen LogP contribution is -2.33. The van der Waals surface area contributed by atoms with E-state index < -0.39 is 0 Å². The number of rotatable bonds is 4. The number of nitrogens with one attached hydrogen (secondary N) is 1. The Labute approximate surface area is 153 Å². The average molecular weight is 360 g/mol. The van der Waals surface area contributed by atoms with E-state index in [1.54, 1.807) is 56.4 Å². The Morgan fingerprint density at radius 3 is 2.36 bits per heavy atom. The molecule has 2 rings (SSSR count). The van der Waals surface area contributed by atoms with Gasteiger partial charge in [-0.05, 0) is 36.8 Å². The van der Waals surface area contributed by atoms with Crippen molar-refractivity contribution >= 4 is 29.2 Å². The first-order chi connectivity index (χ1) is 11.8. The first-order valence-electron chi connectivity index (χ1n) is 7.91. The summed E-state index contributed by atoms with van der Waals surface area (Å²) in [6, 6.07) is 13.8. The van der Waals surface area contributed by atoms with Gasteiger partial charge < -0.3 is 15.1 Å². The van der Waals surface area contributed by atoms with Crippen molar-refractivity contribution in [2.45, 2.75) is 13.0 Å². The van der Waals surface area contributed by atoms with Crippen molar-refractivity contribution in [2.24, 2.45) is 0 Å². The fourth-order valence-electron chi connectivity index (χ4n) is 2.40. The monoisotopic (exact) mass is 359 g/mol. The lowest BCUT2D eigenvalue weighted by molar-refractivity contribution is 0.0827. The normalized spacial score (nSPS) is 11.6. The van der Waals surface area contributed by atoms with Gasteiger partial charge in [0.2, 0.25) is 0 Å². The Morgan fingerprint density at radius 1 is 1.04 bits per heavy atom. The summed E-state index contributed by atoms with van der Waals surface area (Å²) in [6.45, 7) is 1.91. The molecule has 0 aliphatic carbocycles. The zero-order chi connectivity index (χ0) is 18.6.